The van der Waals surface area contributed by atoms with Crippen LogP contribution in [-0.4, -0.2) is 24.3 Å². The lowest BCUT2D eigenvalue weighted by Gasteiger charge is -2.18. The number of aliphatic imine (C=N–C) groups is 1. The van der Waals surface area contributed by atoms with Gasteiger partial charge in [0.1, 0.15) is 18.9 Å². The summed E-state index contributed by atoms with van der Waals surface area (Å²) in [4.78, 5) is 17.1. The Morgan fingerprint density at radius 1 is 1.08 bits per heavy atom. The number of carbonyl (C=O) groups is 1. The highest BCUT2D eigenvalue weighted by molar-refractivity contribution is 8.18. The number of benzene rings is 2. The van der Waals surface area contributed by atoms with Crippen molar-refractivity contribution in [2.45, 2.75) is 0 Å². The van der Waals surface area contributed by atoms with Crippen LogP contribution in [-0.2, 0) is 4.79 Å². The summed E-state index contributed by atoms with van der Waals surface area (Å²) in [6.45, 7) is 1.05. The Kier molecular flexibility index (Phi) is 4.80. The Morgan fingerprint density at radius 3 is 2.58 bits per heavy atom. The molecule has 2 aromatic rings. The van der Waals surface area contributed by atoms with Crippen molar-refractivity contribution in [1.82, 2.24) is 5.32 Å². The predicted octanol–water partition coefficient (Wildman–Crippen LogP) is 4.66. The number of nitrogens with one attached hydrogen (secondary N) is 1. The Bertz CT molecular complexity index is 939. The maximum atomic E-state index is 12.2. The second kappa shape index (κ2) is 7.23. The van der Waals surface area contributed by atoms with Crippen molar-refractivity contribution in [2.75, 3.05) is 13.2 Å². The van der Waals surface area contributed by atoms with Crippen LogP contribution in [0.4, 0.5) is 5.69 Å². The van der Waals surface area contributed by atoms with Gasteiger partial charge in [0.15, 0.2) is 16.7 Å². The Hall–Kier alpha value is -2.15. The van der Waals surface area contributed by atoms with Gasteiger partial charge in [-0.15, -0.1) is 0 Å². The van der Waals surface area contributed by atoms with Gasteiger partial charge >= 0.3 is 0 Å². The van der Waals surface area contributed by atoms with Gasteiger partial charge in [0.25, 0.3) is 5.91 Å². The van der Waals surface area contributed by atoms with Crippen LogP contribution in [0.5, 0.6) is 11.5 Å². The monoisotopic (exact) mass is 406 g/mol. The molecule has 132 valence electrons. The van der Waals surface area contributed by atoms with E-state index >= 15 is 0 Å². The van der Waals surface area contributed by atoms with E-state index in [-0.39, 0.29) is 5.91 Å². The third kappa shape index (κ3) is 3.53. The molecule has 2 aliphatic rings. The molecule has 0 aliphatic carbocycles. The van der Waals surface area contributed by atoms with Crippen molar-refractivity contribution in [3.63, 3.8) is 0 Å². The first-order valence-corrected chi connectivity index (χ1v) is 9.30. The summed E-state index contributed by atoms with van der Waals surface area (Å²) in [5.74, 6) is 1.15. The normalized spacial score (nSPS) is 19.1. The number of amides is 1. The number of halogens is 2. The van der Waals surface area contributed by atoms with Crippen LogP contribution in [0.25, 0.3) is 6.08 Å². The van der Waals surface area contributed by atoms with Crippen molar-refractivity contribution in [2.24, 2.45) is 4.99 Å². The van der Waals surface area contributed by atoms with Crippen molar-refractivity contribution in [3.8, 4) is 11.5 Å². The second-order valence-corrected chi connectivity index (χ2v) is 7.30. The Labute approximate surface area is 164 Å². The lowest BCUT2D eigenvalue weighted by molar-refractivity contribution is -0.115. The molecule has 2 aromatic carbocycles. The number of hydrogen-bond donors (Lipinski definition) is 1. The molecule has 1 amide bonds. The SMILES string of the molecule is O=C1N/C(=N/c2c(Cl)cccc2Cl)S/C1=C\c1ccc2c(c1)OCCO2. The third-order valence-electron chi connectivity index (χ3n) is 3.67. The van der Waals surface area contributed by atoms with Gasteiger partial charge in [-0.3, -0.25) is 4.79 Å². The number of carbonyl (C=O) groups excluding carboxylic acids is 1. The van der Waals surface area contributed by atoms with Crippen molar-refractivity contribution >= 4 is 57.8 Å². The minimum absolute atomic E-state index is 0.230. The van der Waals surface area contributed by atoms with Crippen LogP contribution >= 0.6 is 35.0 Å². The van der Waals surface area contributed by atoms with Gasteiger partial charge in [0.05, 0.1) is 15.0 Å². The smallest absolute Gasteiger partial charge is 0.264 e. The zero-order valence-electron chi connectivity index (χ0n) is 13.3. The first kappa shape index (κ1) is 17.3. The molecular formula is C18H12Cl2N2O3S. The summed E-state index contributed by atoms with van der Waals surface area (Å²) in [5.41, 5.74) is 1.27. The van der Waals surface area contributed by atoms with Gasteiger partial charge in [-0.2, -0.15) is 0 Å². The van der Waals surface area contributed by atoms with Crippen LogP contribution in [0, 0.1) is 0 Å². The van der Waals surface area contributed by atoms with Gasteiger partial charge in [-0.1, -0.05) is 35.3 Å². The van der Waals surface area contributed by atoms with E-state index < -0.39 is 0 Å². The van der Waals surface area contributed by atoms with Crippen molar-refractivity contribution in [1.29, 1.82) is 0 Å². The van der Waals surface area contributed by atoms with E-state index in [9.17, 15) is 4.79 Å². The molecule has 0 saturated carbocycles. The molecule has 0 radical (unpaired) electrons. The summed E-state index contributed by atoms with van der Waals surface area (Å²) >= 11 is 13.5. The fourth-order valence-corrected chi connectivity index (χ4v) is 3.79. The predicted molar refractivity (Wildman–Crippen MR) is 105 cm³/mol. The molecule has 1 saturated heterocycles. The van der Waals surface area contributed by atoms with Crippen LogP contribution in [0.1, 0.15) is 5.56 Å². The number of nitrogens with zero attached hydrogens (tertiary/aromatic N) is 1. The molecule has 8 heteroatoms. The number of rotatable bonds is 2. The van der Waals surface area contributed by atoms with E-state index in [1.807, 2.05) is 18.2 Å². The molecule has 1 N–H and O–H groups in total. The molecule has 4 rings (SSSR count). The van der Waals surface area contributed by atoms with E-state index in [2.05, 4.69) is 10.3 Å². The van der Waals surface area contributed by atoms with Crippen LogP contribution in [0.15, 0.2) is 46.3 Å². The average molecular weight is 407 g/mol. The summed E-state index contributed by atoms with van der Waals surface area (Å²) in [7, 11) is 0. The van der Waals surface area contributed by atoms with Gasteiger partial charge < -0.3 is 14.8 Å². The first-order chi connectivity index (χ1) is 12.6. The maximum absolute atomic E-state index is 12.2. The molecule has 0 spiro atoms. The molecule has 0 unspecified atom stereocenters. The lowest BCUT2D eigenvalue weighted by Crippen LogP contribution is -2.19. The third-order valence-corrected chi connectivity index (χ3v) is 5.19. The summed E-state index contributed by atoms with van der Waals surface area (Å²) in [6, 6.07) is 10.7. The van der Waals surface area contributed by atoms with Crippen molar-refractivity contribution in [3.05, 3.63) is 56.9 Å². The fraction of sp³-hybridized carbons (Fsp3) is 0.111. The van der Waals surface area contributed by atoms with Crippen LogP contribution < -0.4 is 14.8 Å². The van der Waals surface area contributed by atoms with Gasteiger partial charge in [-0.25, -0.2) is 4.99 Å². The first-order valence-electron chi connectivity index (χ1n) is 7.73. The number of para-hydroxylation sites is 1. The van der Waals surface area contributed by atoms with E-state index in [4.69, 9.17) is 32.7 Å². The summed E-state index contributed by atoms with van der Waals surface area (Å²) < 4.78 is 11.1. The molecule has 0 atom stereocenters. The fourth-order valence-electron chi connectivity index (χ4n) is 2.48. The largest absolute Gasteiger partial charge is 0.486 e. The molecule has 0 aromatic heterocycles. The number of amidine groups is 1. The van der Waals surface area contributed by atoms with Gasteiger partial charge in [0.2, 0.25) is 0 Å². The second-order valence-electron chi connectivity index (χ2n) is 5.46. The van der Waals surface area contributed by atoms with Gasteiger partial charge in [0, 0.05) is 0 Å². The number of thioether (sulfide) groups is 1. The molecular weight excluding hydrogens is 395 g/mol. The van der Waals surface area contributed by atoms with Crippen LogP contribution in [0.3, 0.4) is 0 Å². The molecule has 26 heavy (non-hydrogen) atoms. The minimum atomic E-state index is -0.230. The quantitative estimate of drug-likeness (QED) is 0.736. The number of hydrogen-bond acceptors (Lipinski definition) is 5. The van der Waals surface area contributed by atoms with E-state index in [1.165, 1.54) is 11.8 Å². The summed E-state index contributed by atoms with van der Waals surface area (Å²) in [5, 5.41) is 3.99. The van der Waals surface area contributed by atoms with E-state index in [0.29, 0.717) is 50.5 Å². The minimum Gasteiger partial charge on any atom is -0.486 e. The highest BCUT2D eigenvalue weighted by atomic mass is 35.5. The standard InChI is InChI=1S/C18H12Cl2N2O3S/c19-11-2-1-3-12(20)16(11)21-18-22-17(23)15(26-18)9-10-4-5-13-14(8-10)25-7-6-24-13/h1-5,8-9H,6-7H2,(H,21,22,23)/b15-9-. The number of ether oxygens (including phenoxy) is 2. The highest BCUT2D eigenvalue weighted by Crippen LogP contribution is 2.36. The van der Waals surface area contributed by atoms with E-state index in [1.54, 1.807) is 24.3 Å². The van der Waals surface area contributed by atoms with Gasteiger partial charge in [-0.05, 0) is 47.7 Å². The molecule has 2 heterocycles. The molecule has 5 nitrogen and oxygen atoms in total. The number of fused-ring (bicyclic) bond motifs is 1. The van der Waals surface area contributed by atoms with Crippen LogP contribution in [0.2, 0.25) is 10.0 Å². The molecule has 2 aliphatic heterocycles. The van der Waals surface area contributed by atoms with E-state index in [0.717, 1.165) is 5.56 Å². The topological polar surface area (TPSA) is 59.9 Å². The Balaban J connectivity index is 1.60. The van der Waals surface area contributed by atoms with Crippen molar-refractivity contribution < 1.29 is 14.3 Å². The highest BCUT2D eigenvalue weighted by Gasteiger charge is 2.24. The molecule has 0 bridgehead atoms. The molecule has 1 fully saturated rings. The zero-order chi connectivity index (χ0) is 18.1. The average Bonchev–Trinajstić information content (AvgIpc) is 2.97. The Morgan fingerprint density at radius 2 is 1.81 bits per heavy atom. The summed E-state index contributed by atoms with van der Waals surface area (Å²) in [6.07, 6.45) is 1.77. The zero-order valence-corrected chi connectivity index (χ0v) is 15.6. The lowest BCUT2D eigenvalue weighted by atomic mass is 10.2. The maximum Gasteiger partial charge on any atom is 0.264 e.